The van der Waals surface area contributed by atoms with Crippen molar-refractivity contribution in [3.63, 3.8) is 0 Å². The Morgan fingerprint density at radius 3 is 2.43 bits per heavy atom. The molecule has 0 saturated carbocycles. The van der Waals surface area contributed by atoms with Crippen LogP contribution in [-0.2, 0) is 0 Å². The Labute approximate surface area is 179 Å². The molecule has 0 saturated heterocycles. The summed E-state index contributed by atoms with van der Waals surface area (Å²) in [5.74, 6) is -0.530. The number of hydrogen-bond donors (Lipinski definition) is 0. The SMILES string of the molecule is O=C1c2nc(-c3ccccc3Cl)n(-c3ccc(Cl)cc3)c2OCCN1CC(F)(F)F. The van der Waals surface area contributed by atoms with Gasteiger partial charge in [0.2, 0.25) is 5.88 Å². The van der Waals surface area contributed by atoms with E-state index >= 15 is 0 Å². The highest BCUT2D eigenvalue weighted by atomic mass is 35.5. The maximum atomic E-state index is 12.9. The van der Waals surface area contributed by atoms with Gasteiger partial charge in [-0.1, -0.05) is 35.3 Å². The number of carbonyl (C=O) groups is 1. The summed E-state index contributed by atoms with van der Waals surface area (Å²) < 4.78 is 46.1. The Morgan fingerprint density at radius 2 is 1.77 bits per heavy atom. The van der Waals surface area contributed by atoms with Crippen LogP contribution >= 0.6 is 23.2 Å². The van der Waals surface area contributed by atoms with E-state index in [4.69, 9.17) is 27.9 Å². The number of alkyl halides is 3. The van der Waals surface area contributed by atoms with Gasteiger partial charge in [-0.15, -0.1) is 0 Å². The van der Waals surface area contributed by atoms with Gasteiger partial charge in [0, 0.05) is 10.6 Å². The molecule has 10 heteroatoms. The van der Waals surface area contributed by atoms with Crippen LogP contribution in [0.15, 0.2) is 48.5 Å². The molecule has 0 aliphatic carbocycles. The molecule has 0 N–H and O–H groups in total. The maximum Gasteiger partial charge on any atom is 0.406 e. The second kappa shape index (κ2) is 7.85. The topological polar surface area (TPSA) is 47.4 Å². The van der Waals surface area contributed by atoms with Crippen molar-refractivity contribution >= 4 is 29.1 Å². The molecule has 30 heavy (non-hydrogen) atoms. The lowest BCUT2D eigenvalue weighted by Gasteiger charge is -2.20. The molecule has 2 aromatic carbocycles. The van der Waals surface area contributed by atoms with Crippen LogP contribution in [0.4, 0.5) is 13.2 Å². The third-order valence-electron chi connectivity index (χ3n) is 4.49. The van der Waals surface area contributed by atoms with Crippen molar-refractivity contribution in [2.75, 3.05) is 19.7 Å². The van der Waals surface area contributed by atoms with Gasteiger partial charge >= 0.3 is 6.18 Å². The predicted octanol–water partition coefficient (Wildman–Crippen LogP) is 5.24. The Bertz CT molecular complexity index is 1100. The predicted molar refractivity (Wildman–Crippen MR) is 106 cm³/mol. The van der Waals surface area contributed by atoms with E-state index in [0.717, 1.165) is 0 Å². The molecular weight excluding hydrogens is 442 g/mol. The molecule has 4 rings (SSSR count). The molecule has 0 spiro atoms. The van der Waals surface area contributed by atoms with E-state index in [9.17, 15) is 18.0 Å². The van der Waals surface area contributed by atoms with E-state index in [1.807, 2.05) is 0 Å². The zero-order valence-corrected chi connectivity index (χ0v) is 16.8. The highest BCUT2D eigenvalue weighted by Gasteiger charge is 2.38. The maximum absolute atomic E-state index is 12.9. The van der Waals surface area contributed by atoms with Crippen molar-refractivity contribution in [3.05, 3.63) is 64.3 Å². The standard InChI is InChI=1S/C20H14Cl2F3N3O2/c21-12-5-7-13(8-6-12)28-17(14-3-1-2-4-15(14)22)26-16-18(29)27(11-20(23,24)25)9-10-30-19(16)28/h1-8H,9-11H2. The molecule has 5 nitrogen and oxygen atoms in total. The monoisotopic (exact) mass is 455 g/mol. The second-order valence-corrected chi connectivity index (χ2v) is 7.41. The molecule has 1 aromatic heterocycles. The molecule has 0 unspecified atom stereocenters. The average Bonchev–Trinajstić information content (AvgIpc) is 2.99. The number of ether oxygens (including phenoxy) is 1. The van der Waals surface area contributed by atoms with E-state index < -0.39 is 18.6 Å². The molecule has 1 amide bonds. The first-order valence-electron chi connectivity index (χ1n) is 8.87. The normalized spacial score (nSPS) is 14.3. The third-order valence-corrected chi connectivity index (χ3v) is 5.08. The Hall–Kier alpha value is -2.71. The minimum absolute atomic E-state index is 0.0573. The highest BCUT2D eigenvalue weighted by Crippen LogP contribution is 2.37. The fourth-order valence-electron chi connectivity index (χ4n) is 3.20. The van der Waals surface area contributed by atoms with Crippen LogP contribution in [0.5, 0.6) is 5.88 Å². The van der Waals surface area contributed by atoms with Gasteiger partial charge in [0.25, 0.3) is 5.91 Å². The number of benzene rings is 2. The number of imidazole rings is 1. The first-order chi connectivity index (χ1) is 14.2. The number of fused-ring (bicyclic) bond motifs is 1. The molecule has 156 valence electrons. The molecule has 1 aliphatic heterocycles. The summed E-state index contributed by atoms with van der Waals surface area (Å²) in [7, 11) is 0. The minimum atomic E-state index is -4.54. The Morgan fingerprint density at radius 1 is 1.07 bits per heavy atom. The van der Waals surface area contributed by atoms with Crippen LogP contribution in [-0.4, -0.2) is 46.2 Å². The molecular formula is C20H14Cl2F3N3O2. The van der Waals surface area contributed by atoms with E-state index in [1.165, 1.54) is 0 Å². The lowest BCUT2D eigenvalue weighted by molar-refractivity contribution is -0.141. The Balaban J connectivity index is 1.91. The zero-order valence-electron chi connectivity index (χ0n) is 15.3. The summed E-state index contributed by atoms with van der Waals surface area (Å²) in [4.78, 5) is 17.9. The van der Waals surface area contributed by atoms with Crippen molar-refractivity contribution < 1.29 is 22.7 Å². The van der Waals surface area contributed by atoms with Crippen LogP contribution in [0.3, 0.4) is 0 Å². The number of hydrogen-bond acceptors (Lipinski definition) is 3. The summed E-state index contributed by atoms with van der Waals surface area (Å²) in [5.41, 5.74) is 0.864. The summed E-state index contributed by atoms with van der Waals surface area (Å²) in [5, 5.41) is 0.866. The average molecular weight is 456 g/mol. The van der Waals surface area contributed by atoms with Gasteiger partial charge in [0.15, 0.2) is 5.69 Å². The minimum Gasteiger partial charge on any atom is -0.475 e. The highest BCUT2D eigenvalue weighted by molar-refractivity contribution is 6.33. The molecule has 0 atom stereocenters. The smallest absolute Gasteiger partial charge is 0.406 e. The number of halogens is 5. The van der Waals surface area contributed by atoms with Crippen molar-refractivity contribution in [2.24, 2.45) is 0 Å². The van der Waals surface area contributed by atoms with Gasteiger partial charge in [-0.25, -0.2) is 4.98 Å². The van der Waals surface area contributed by atoms with Gasteiger partial charge in [0.05, 0.1) is 17.3 Å². The fraction of sp³-hybridized carbons (Fsp3) is 0.200. The third kappa shape index (κ3) is 3.97. The van der Waals surface area contributed by atoms with Gasteiger partial charge in [-0.05, 0) is 36.4 Å². The number of amides is 1. The zero-order chi connectivity index (χ0) is 21.5. The summed E-state index contributed by atoms with van der Waals surface area (Å²) in [6.45, 7) is -1.71. The molecule has 3 aromatic rings. The number of rotatable bonds is 3. The van der Waals surface area contributed by atoms with Crippen molar-refractivity contribution in [1.29, 1.82) is 0 Å². The Kier molecular flexibility index (Phi) is 5.38. The van der Waals surface area contributed by atoms with Crippen molar-refractivity contribution in [3.8, 4) is 23.0 Å². The molecule has 1 aliphatic rings. The van der Waals surface area contributed by atoms with Crippen molar-refractivity contribution in [1.82, 2.24) is 14.5 Å². The van der Waals surface area contributed by atoms with Crippen LogP contribution < -0.4 is 4.74 Å². The molecule has 0 radical (unpaired) electrons. The van der Waals surface area contributed by atoms with Gasteiger partial charge in [-0.3, -0.25) is 9.36 Å². The van der Waals surface area contributed by atoms with Gasteiger partial charge in [0.1, 0.15) is 19.0 Å². The number of nitrogens with zero attached hydrogens (tertiary/aromatic N) is 3. The van der Waals surface area contributed by atoms with E-state index in [-0.39, 0.29) is 30.5 Å². The largest absolute Gasteiger partial charge is 0.475 e. The van der Waals surface area contributed by atoms with Crippen LogP contribution in [0.1, 0.15) is 10.5 Å². The van der Waals surface area contributed by atoms with Gasteiger partial charge < -0.3 is 9.64 Å². The van der Waals surface area contributed by atoms with Crippen LogP contribution in [0, 0.1) is 0 Å². The number of aromatic nitrogens is 2. The molecule has 0 bridgehead atoms. The quantitative estimate of drug-likeness (QED) is 0.542. The number of carbonyl (C=O) groups excluding carboxylic acids is 1. The summed E-state index contributed by atoms with van der Waals surface area (Å²) in [6.07, 6.45) is -4.54. The second-order valence-electron chi connectivity index (χ2n) is 6.57. The van der Waals surface area contributed by atoms with E-state index in [1.54, 1.807) is 53.1 Å². The molecule has 0 fully saturated rings. The summed E-state index contributed by atoms with van der Waals surface area (Å²) >= 11 is 12.3. The van der Waals surface area contributed by atoms with Crippen LogP contribution in [0.25, 0.3) is 17.1 Å². The molecule has 2 heterocycles. The van der Waals surface area contributed by atoms with Gasteiger partial charge in [-0.2, -0.15) is 13.2 Å². The van der Waals surface area contributed by atoms with Crippen molar-refractivity contribution in [2.45, 2.75) is 6.18 Å². The lowest BCUT2D eigenvalue weighted by Crippen LogP contribution is -2.40. The first-order valence-corrected chi connectivity index (χ1v) is 9.62. The first kappa shape index (κ1) is 20.6. The van der Waals surface area contributed by atoms with E-state index in [0.29, 0.717) is 26.2 Å². The van der Waals surface area contributed by atoms with Crippen LogP contribution in [0.2, 0.25) is 10.0 Å². The lowest BCUT2D eigenvalue weighted by atomic mass is 10.2. The van der Waals surface area contributed by atoms with E-state index in [2.05, 4.69) is 4.98 Å². The summed E-state index contributed by atoms with van der Waals surface area (Å²) in [6, 6.07) is 13.5. The fourth-order valence-corrected chi connectivity index (χ4v) is 3.55.